The van der Waals surface area contributed by atoms with E-state index in [4.69, 9.17) is 0 Å². The van der Waals surface area contributed by atoms with Gasteiger partial charge in [-0.15, -0.1) is 0 Å². The highest BCUT2D eigenvalue weighted by Crippen LogP contribution is 2.35. The summed E-state index contributed by atoms with van der Waals surface area (Å²) in [6.45, 7) is 0. The fourth-order valence-electron chi connectivity index (χ4n) is 4.81. The number of fused-ring (bicyclic) bond motifs is 2. The maximum atomic E-state index is 11.7. The van der Waals surface area contributed by atoms with Gasteiger partial charge in [-0.1, -0.05) is 12.8 Å². The minimum Gasteiger partial charge on any atom is -0.481 e. The number of carboxylic acids is 1. The van der Waals surface area contributed by atoms with Gasteiger partial charge in [-0.05, 0) is 25.7 Å². The van der Waals surface area contributed by atoms with Crippen LogP contribution in [0.3, 0.4) is 0 Å². The minimum absolute atomic E-state index is 0.0793. The average molecular weight is 429 g/mol. The summed E-state index contributed by atoms with van der Waals surface area (Å²) >= 11 is 3.74. The third-order valence-corrected chi connectivity index (χ3v) is 9.33. The Morgan fingerprint density at radius 1 is 0.893 bits per heavy atom. The van der Waals surface area contributed by atoms with Gasteiger partial charge in [0.05, 0.1) is 30.1 Å². The molecule has 4 heterocycles. The zero-order valence-electron chi connectivity index (χ0n) is 15.7. The van der Waals surface area contributed by atoms with Crippen molar-refractivity contribution in [2.75, 3.05) is 11.5 Å². The van der Waals surface area contributed by atoms with Crippen molar-refractivity contribution in [1.29, 1.82) is 0 Å². The summed E-state index contributed by atoms with van der Waals surface area (Å²) < 4.78 is 0. The summed E-state index contributed by atoms with van der Waals surface area (Å²) in [5.74, 6) is 0.851. The molecule has 1 unspecified atom stereocenters. The number of thioether (sulfide) groups is 2. The molecule has 4 fully saturated rings. The lowest BCUT2D eigenvalue weighted by atomic mass is 9.93. The molecule has 0 saturated carbocycles. The van der Waals surface area contributed by atoms with Crippen LogP contribution in [-0.2, 0) is 4.79 Å². The average Bonchev–Trinajstić information content (AvgIpc) is 3.36. The van der Waals surface area contributed by atoms with Crippen molar-refractivity contribution in [2.24, 2.45) is 5.92 Å². The molecular weight excluding hydrogens is 400 g/mol. The molecule has 0 aliphatic carbocycles. The molecule has 5 N–H and O–H groups in total. The second-order valence-electron chi connectivity index (χ2n) is 8.14. The molecule has 0 radical (unpaired) electrons. The van der Waals surface area contributed by atoms with Crippen molar-refractivity contribution in [3.8, 4) is 0 Å². The Bertz CT molecular complexity index is 591. The molecule has 0 aromatic carbocycles. The number of carbonyl (C=O) groups is 3. The Morgan fingerprint density at radius 2 is 1.36 bits per heavy atom. The molecule has 0 bridgehead atoms. The van der Waals surface area contributed by atoms with Crippen molar-refractivity contribution in [2.45, 2.75) is 73.2 Å². The van der Waals surface area contributed by atoms with Crippen LogP contribution in [0.5, 0.6) is 0 Å². The van der Waals surface area contributed by atoms with E-state index in [1.165, 1.54) is 0 Å². The van der Waals surface area contributed by atoms with Crippen molar-refractivity contribution in [3.05, 3.63) is 0 Å². The number of carbonyl (C=O) groups excluding carboxylic acids is 2. The van der Waals surface area contributed by atoms with Gasteiger partial charge in [0.1, 0.15) is 0 Å². The Kier molecular flexibility index (Phi) is 6.15. The van der Waals surface area contributed by atoms with Crippen LogP contribution in [0.1, 0.15) is 38.5 Å². The predicted molar refractivity (Wildman–Crippen MR) is 110 cm³/mol. The first-order valence-electron chi connectivity index (χ1n) is 10.1. The first kappa shape index (κ1) is 20.0. The maximum absolute atomic E-state index is 11.7. The largest absolute Gasteiger partial charge is 0.481 e. The third-order valence-electron chi connectivity index (χ3n) is 6.31. The van der Waals surface area contributed by atoms with Crippen LogP contribution in [0, 0.1) is 5.92 Å². The Hall–Kier alpha value is -1.29. The molecule has 8 nitrogen and oxygen atoms in total. The topological polar surface area (TPSA) is 120 Å². The van der Waals surface area contributed by atoms with Crippen molar-refractivity contribution in [1.82, 2.24) is 21.3 Å². The summed E-state index contributed by atoms with van der Waals surface area (Å²) in [5.41, 5.74) is 0. The van der Waals surface area contributed by atoms with Gasteiger partial charge in [0.2, 0.25) is 0 Å². The highest BCUT2D eigenvalue weighted by molar-refractivity contribution is 8.00. The third kappa shape index (κ3) is 4.32. The van der Waals surface area contributed by atoms with E-state index in [-0.39, 0.29) is 42.1 Å². The van der Waals surface area contributed by atoms with E-state index in [1.807, 2.05) is 23.5 Å². The van der Waals surface area contributed by atoms with Gasteiger partial charge >= 0.3 is 18.0 Å². The normalized spacial score (nSPS) is 36.9. The van der Waals surface area contributed by atoms with E-state index in [0.717, 1.165) is 37.2 Å². The number of carboxylic acid groups (broad SMARTS) is 1. The lowest BCUT2D eigenvalue weighted by Crippen LogP contribution is -2.37. The minimum atomic E-state index is -0.708. The van der Waals surface area contributed by atoms with Crippen LogP contribution in [0.15, 0.2) is 0 Å². The number of nitrogens with one attached hydrogen (secondary N) is 4. The molecule has 4 aliphatic rings. The van der Waals surface area contributed by atoms with Gasteiger partial charge in [-0.25, -0.2) is 9.59 Å². The molecule has 7 atom stereocenters. The van der Waals surface area contributed by atoms with E-state index in [9.17, 15) is 19.5 Å². The molecule has 4 saturated heterocycles. The summed E-state index contributed by atoms with van der Waals surface area (Å²) in [7, 11) is 0. The van der Waals surface area contributed by atoms with Crippen LogP contribution in [-0.4, -0.2) is 69.3 Å². The van der Waals surface area contributed by atoms with E-state index in [0.29, 0.717) is 23.3 Å². The molecular formula is C18H28N4O4S2. The van der Waals surface area contributed by atoms with Crippen LogP contribution in [0.2, 0.25) is 0 Å². The number of hydrogen-bond donors (Lipinski definition) is 5. The first-order chi connectivity index (χ1) is 13.5. The SMILES string of the molecule is O=C1N[C@H]2[C@H](CS[C@@H]2CCCC(CCC[C@@H]2SC[C@H]3NC(=O)N[C@@H]23)C(=O)O)N1. The van der Waals surface area contributed by atoms with Gasteiger partial charge in [0.15, 0.2) is 0 Å². The van der Waals surface area contributed by atoms with Crippen LogP contribution in [0.25, 0.3) is 0 Å². The van der Waals surface area contributed by atoms with Gasteiger partial charge in [-0.2, -0.15) is 23.5 Å². The number of rotatable bonds is 9. The second-order valence-corrected chi connectivity index (χ2v) is 10.7. The summed E-state index contributed by atoms with van der Waals surface area (Å²) in [5, 5.41) is 22.2. The fourth-order valence-corrected chi connectivity index (χ4v) is 7.90. The van der Waals surface area contributed by atoms with Crippen LogP contribution < -0.4 is 21.3 Å². The van der Waals surface area contributed by atoms with Crippen molar-refractivity contribution < 1.29 is 19.5 Å². The summed E-state index contributed by atoms with van der Waals surface area (Å²) in [4.78, 5) is 34.6. The van der Waals surface area contributed by atoms with E-state index < -0.39 is 5.97 Å². The molecule has 4 rings (SSSR count). The number of amides is 4. The zero-order valence-corrected chi connectivity index (χ0v) is 17.3. The zero-order chi connectivity index (χ0) is 19.7. The Balaban J connectivity index is 1.17. The molecule has 156 valence electrons. The second kappa shape index (κ2) is 8.61. The monoisotopic (exact) mass is 428 g/mol. The van der Waals surface area contributed by atoms with E-state index in [2.05, 4.69) is 21.3 Å². The molecule has 4 amide bonds. The van der Waals surface area contributed by atoms with Crippen LogP contribution in [0.4, 0.5) is 9.59 Å². The van der Waals surface area contributed by atoms with Crippen molar-refractivity contribution >= 4 is 41.6 Å². The first-order valence-corrected chi connectivity index (χ1v) is 12.2. The van der Waals surface area contributed by atoms with Gasteiger partial charge in [-0.3, -0.25) is 4.79 Å². The molecule has 0 spiro atoms. The van der Waals surface area contributed by atoms with Gasteiger partial charge in [0, 0.05) is 22.0 Å². The Morgan fingerprint density at radius 3 is 1.79 bits per heavy atom. The van der Waals surface area contributed by atoms with Crippen LogP contribution >= 0.6 is 23.5 Å². The van der Waals surface area contributed by atoms with Crippen molar-refractivity contribution in [3.63, 3.8) is 0 Å². The molecule has 0 aromatic rings. The molecule has 4 aliphatic heterocycles. The highest BCUT2D eigenvalue weighted by Gasteiger charge is 2.43. The lowest BCUT2D eigenvalue weighted by molar-refractivity contribution is -0.142. The summed E-state index contributed by atoms with van der Waals surface area (Å²) in [6.07, 6.45) is 5.00. The molecule has 0 aromatic heterocycles. The smallest absolute Gasteiger partial charge is 0.315 e. The number of urea groups is 2. The fraction of sp³-hybridized carbons (Fsp3) is 0.833. The Labute approximate surface area is 173 Å². The van der Waals surface area contributed by atoms with Gasteiger partial charge in [0.25, 0.3) is 0 Å². The molecule has 10 heteroatoms. The summed E-state index contributed by atoms with van der Waals surface area (Å²) in [6, 6.07) is 0.646. The standard InChI is InChI=1S/C18H28N4O4S2/c23-16(24)9(3-1-5-12-14-10(7-27-12)19-17(25)21-14)4-2-6-13-15-11(8-28-13)20-18(26)22-15/h9-15H,1-8H2,(H,23,24)(H2,19,21,25)(H2,20,22,26)/t9?,10-,11+,12+,13-,14-,15+. The van der Waals surface area contributed by atoms with Gasteiger partial charge < -0.3 is 26.4 Å². The highest BCUT2D eigenvalue weighted by atomic mass is 32.2. The number of aliphatic carboxylic acids is 1. The quantitative estimate of drug-likeness (QED) is 0.354. The van der Waals surface area contributed by atoms with E-state index >= 15 is 0 Å². The maximum Gasteiger partial charge on any atom is 0.315 e. The lowest BCUT2D eigenvalue weighted by Gasteiger charge is -2.19. The van der Waals surface area contributed by atoms with E-state index in [1.54, 1.807) is 0 Å². The molecule has 28 heavy (non-hydrogen) atoms. The number of hydrogen-bond acceptors (Lipinski definition) is 5. The predicted octanol–water partition coefficient (Wildman–Crippen LogP) is 1.36.